The number of primary amides is 1. The van der Waals surface area contributed by atoms with E-state index in [1.54, 1.807) is 10.6 Å². The molecule has 133 valence electrons. The second kappa shape index (κ2) is 6.86. The monoisotopic (exact) mass is 350 g/mol. The van der Waals surface area contributed by atoms with E-state index in [4.69, 9.17) is 5.73 Å². The fourth-order valence-electron chi connectivity index (χ4n) is 3.39. The van der Waals surface area contributed by atoms with Crippen molar-refractivity contribution >= 4 is 11.6 Å². The average Bonchev–Trinajstić information content (AvgIpc) is 3.13. The van der Waals surface area contributed by atoms with Gasteiger partial charge in [-0.15, -0.1) is 5.10 Å². The minimum Gasteiger partial charge on any atom is -0.393 e. The second-order valence-electron chi connectivity index (χ2n) is 6.65. The van der Waals surface area contributed by atoms with Gasteiger partial charge < -0.3 is 10.8 Å². The zero-order valence-electron chi connectivity index (χ0n) is 14.3. The van der Waals surface area contributed by atoms with Gasteiger partial charge in [0.15, 0.2) is 5.65 Å². The number of rotatable bonds is 4. The molecule has 1 amide bonds. The van der Waals surface area contributed by atoms with Crippen molar-refractivity contribution in [2.24, 2.45) is 5.73 Å². The average molecular weight is 350 g/mol. The van der Waals surface area contributed by atoms with Crippen LogP contribution in [0.2, 0.25) is 0 Å². The molecular weight excluding hydrogens is 330 g/mol. The smallest absolute Gasteiger partial charge is 0.252 e. The van der Waals surface area contributed by atoms with E-state index in [2.05, 4.69) is 33.4 Å². The van der Waals surface area contributed by atoms with Crippen LogP contribution >= 0.6 is 0 Å². The Labute approximate surface area is 151 Å². The Bertz CT molecular complexity index is 927. The third-order valence-electron chi connectivity index (χ3n) is 4.86. The first-order valence-electron chi connectivity index (χ1n) is 8.67. The summed E-state index contributed by atoms with van der Waals surface area (Å²) < 4.78 is 1.58. The first-order valence-corrected chi connectivity index (χ1v) is 8.67. The largest absolute Gasteiger partial charge is 0.393 e. The molecule has 4 rings (SSSR count). The third-order valence-corrected chi connectivity index (χ3v) is 4.86. The van der Waals surface area contributed by atoms with Crippen molar-refractivity contribution < 1.29 is 9.90 Å². The van der Waals surface area contributed by atoms with Crippen molar-refractivity contribution in [2.45, 2.75) is 25.5 Å². The van der Waals surface area contributed by atoms with E-state index in [1.807, 2.05) is 18.2 Å². The normalized spacial score (nSPS) is 16.2. The summed E-state index contributed by atoms with van der Waals surface area (Å²) in [7, 11) is 0. The molecule has 1 fully saturated rings. The predicted molar refractivity (Wildman–Crippen MR) is 96.3 cm³/mol. The van der Waals surface area contributed by atoms with Gasteiger partial charge in [-0.25, -0.2) is 9.50 Å². The molecule has 0 bridgehead atoms. The highest BCUT2D eigenvalue weighted by Gasteiger charge is 2.17. The number of nitrogens with two attached hydrogens (primary N) is 1. The summed E-state index contributed by atoms with van der Waals surface area (Å²) in [6.07, 6.45) is 4.06. The van der Waals surface area contributed by atoms with Crippen molar-refractivity contribution in [2.75, 3.05) is 13.1 Å². The molecule has 1 radical (unpaired) electrons. The molecular formula is C19H20N5O2. The van der Waals surface area contributed by atoms with Crippen LogP contribution in [0, 0.1) is 6.33 Å². The van der Waals surface area contributed by atoms with E-state index in [0.717, 1.165) is 43.7 Å². The van der Waals surface area contributed by atoms with Crippen LogP contribution in [0.3, 0.4) is 0 Å². The number of benzene rings is 1. The maximum absolute atomic E-state index is 11.5. The lowest BCUT2D eigenvalue weighted by molar-refractivity contribution is 0.0792. The van der Waals surface area contributed by atoms with Crippen molar-refractivity contribution in [1.82, 2.24) is 19.5 Å². The van der Waals surface area contributed by atoms with Gasteiger partial charge in [0, 0.05) is 25.2 Å². The van der Waals surface area contributed by atoms with E-state index < -0.39 is 5.91 Å². The molecule has 1 aliphatic rings. The number of carbonyl (C=O) groups excluding carboxylic acids is 1. The Morgan fingerprint density at radius 1 is 1.19 bits per heavy atom. The summed E-state index contributed by atoms with van der Waals surface area (Å²) in [4.78, 5) is 17.9. The van der Waals surface area contributed by atoms with Gasteiger partial charge in [0.1, 0.15) is 0 Å². The molecule has 1 aromatic carbocycles. The molecule has 0 aliphatic carbocycles. The summed E-state index contributed by atoms with van der Waals surface area (Å²) in [5.41, 5.74) is 9.15. The number of likely N-dealkylation sites (tertiary alicyclic amines) is 1. The number of carbonyl (C=O) groups is 1. The van der Waals surface area contributed by atoms with Crippen molar-refractivity contribution in [3.63, 3.8) is 0 Å². The summed E-state index contributed by atoms with van der Waals surface area (Å²) >= 11 is 0. The summed E-state index contributed by atoms with van der Waals surface area (Å²) in [5, 5.41) is 13.7. The summed E-state index contributed by atoms with van der Waals surface area (Å²) in [6.45, 7) is 2.72. The standard InChI is InChI=1S/C19H20N5O2/c20-18(26)16-5-6-17(24-19(16)21-12-22-24)14-3-1-13(2-4-14)11-23-9-7-15(25)8-10-23/h1-6,15,25H,7-11H2,(H2,20,26). The van der Waals surface area contributed by atoms with Crippen LogP contribution in [-0.2, 0) is 6.54 Å². The van der Waals surface area contributed by atoms with E-state index in [9.17, 15) is 9.90 Å². The molecule has 1 saturated heterocycles. The minimum absolute atomic E-state index is 0.154. The second-order valence-corrected chi connectivity index (χ2v) is 6.65. The Balaban J connectivity index is 1.57. The van der Waals surface area contributed by atoms with Crippen LogP contribution in [0.25, 0.3) is 16.9 Å². The van der Waals surface area contributed by atoms with Crippen LogP contribution in [0.5, 0.6) is 0 Å². The fourth-order valence-corrected chi connectivity index (χ4v) is 3.39. The Kier molecular flexibility index (Phi) is 4.40. The lowest BCUT2D eigenvalue weighted by Crippen LogP contribution is -2.35. The quantitative estimate of drug-likeness (QED) is 0.738. The van der Waals surface area contributed by atoms with Gasteiger partial charge in [-0.05, 0) is 30.5 Å². The summed E-state index contributed by atoms with van der Waals surface area (Å²) in [6, 6.07) is 11.7. The van der Waals surface area contributed by atoms with Gasteiger partial charge in [-0.3, -0.25) is 9.69 Å². The zero-order chi connectivity index (χ0) is 18.1. The SMILES string of the molecule is NC(=O)c1ccc(-c2ccc(CN3CCC(O)CC3)cc2)n2n[c]nc12. The van der Waals surface area contributed by atoms with Gasteiger partial charge in [0.2, 0.25) is 6.33 Å². The number of aromatic nitrogens is 3. The minimum atomic E-state index is -0.537. The molecule has 0 unspecified atom stereocenters. The maximum atomic E-state index is 11.5. The molecule has 7 heteroatoms. The number of piperidine rings is 1. The number of hydrogen-bond donors (Lipinski definition) is 2. The maximum Gasteiger partial charge on any atom is 0.252 e. The molecule has 7 nitrogen and oxygen atoms in total. The topological polar surface area (TPSA) is 96.8 Å². The molecule has 1 aliphatic heterocycles. The molecule has 3 N–H and O–H groups in total. The number of amides is 1. The van der Waals surface area contributed by atoms with Crippen molar-refractivity contribution in [1.29, 1.82) is 0 Å². The van der Waals surface area contributed by atoms with E-state index in [0.29, 0.717) is 11.2 Å². The highest BCUT2D eigenvalue weighted by atomic mass is 16.3. The molecule has 3 aromatic rings. The Morgan fingerprint density at radius 2 is 1.92 bits per heavy atom. The molecule has 26 heavy (non-hydrogen) atoms. The third kappa shape index (κ3) is 3.18. The number of fused-ring (bicyclic) bond motifs is 1. The summed E-state index contributed by atoms with van der Waals surface area (Å²) in [5.74, 6) is -0.537. The number of nitrogens with zero attached hydrogens (tertiary/aromatic N) is 4. The van der Waals surface area contributed by atoms with Gasteiger partial charge in [-0.1, -0.05) is 24.3 Å². The molecule has 0 spiro atoms. The number of hydrogen-bond acceptors (Lipinski definition) is 5. The lowest BCUT2D eigenvalue weighted by Gasteiger charge is -2.29. The van der Waals surface area contributed by atoms with Crippen molar-refractivity contribution in [3.05, 3.63) is 53.9 Å². The lowest BCUT2D eigenvalue weighted by atomic mass is 10.0. The molecule has 0 atom stereocenters. The van der Waals surface area contributed by atoms with Crippen LogP contribution in [0.4, 0.5) is 0 Å². The molecule has 3 heterocycles. The number of pyridine rings is 1. The predicted octanol–water partition coefficient (Wildman–Crippen LogP) is 1.25. The van der Waals surface area contributed by atoms with Crippen molar-refractivity contribution in [3.8, 4) is 11.3 Å². The highest BCUT2D eigenvalue weighted by Crippen LogP contribution is 2.23. The molecule has 2 aromatic heterocycles. The van der Waals surface area contributed by atoms with Crippen LogP contribution in [0.15, 0.2) is 36.4 Å². The highest BCUT2D eigenvalue weighted by molar-refractivity contribution is 5.99. The Hall–Kier alpha value is -2.77. The number of aliphatic hydroxyl groups excluding tert-OH is 1. The fraction of sp³-hybridized carbons (Fsp3) is 0.316. The van der Waals surface area contributed by atoms with Gasteiger partial charge >= 0.3 is 0 Å². The molecule has 0 saturated carbocycles. The first kappa shape index (κ1) is 16.7. The van der Waals surface area contributed by atoms with Crippen LogP contribution in [-0.4, -0.2) is 49.7 Å². The van der Waals surface area contributed by atoms with Gasteiger partial charge in [0.25, 0.3) is 5.91 Å². The van der Waals surface area contributed by atoms with Crippen LogP contribution < -0.4 is 5.73 Å². The van der Waals surface area contributed by atoms with E-state index >= 15 is 0 Å². The first-order chi connectivity index (χ1) is 12.6. The van der Waals surface area contributed by atoms with E-state index in [1.165, 1.54) is 5.56 Å². The van der Waals surface area contributed by atoms with E-state index in [-0.39, 0.29) is 6.10 Å². The zero-order valence-corrected chi connectivity index (χ0v) is 14.3. The van der Waals surface area contributed by atoms with Gasteiger partial charge in [0.05, 0.1) is 17.4 Å². The van der Waals surface area contributed by atoms with Gasteiger partial charge in [-0.2, -0.15) is 0 Å². The Morgan fingerprint density at radius 3 is 2.62 bits per heavy atom. The number of aliphatic hydroxyl groups is 1. The van der Waals surface area contributed by atoms with Crippen LogP contribution in [0.1, 0.15) is 28.8 Å².